The summed E-state index contributed by atoms with van der Waals surface area (Å²) in [6.07, 6.45) is -0.611. The second-order valence-electron chi connectivity index (χ2n) is 3.33. The number of hydrogen-bond acceptors (Lipinski definition) is 4. The van der Waals surface area contributed by atoms with Gasteiger partial charge in [-0.05, 0) is 6.92 Å². The van der Waals surface area contributed by atoms with Crippen molar-refractivity contribution in [3.8, 4) is 0 Å². The predicted octanol–water partition coefficient (Wildman–Crippen LogP) is 0.644. The summed E-state index contributed by atoms with van der Waals surface area (Å²) in [4.78, 5) is 21.7. The van der Waals surface area contributed by atoms with E-state index in [1.54, 1.807) is 13.8 Å². The maximum atomic E-state index is 11.0. The molecule has 0 spiro atoms. The lowest BCUT2D eigenvalue weighted by atomic mass is 10.2. The number of ether oxygens (including phenoxy) is 2. The van der Waals surface area contributed by atoms with Gasteiger partial charge in [-0.25, -0.2) is 4.79 Å². The van der Waals surface area contributed by atoms with Gasteiger partial charge in [0.1, 0.15) is 5.78 Å². The van der Waals surface area contributed by atoms with Crippen LogP contribution in [0.5, 0.6) is 0 Å². The Morgan fingerprint density at radius 1 is 1.58 bits per heavy atom. The van der Waals surface area contributed by atoms with Crippen molar-refractivity contribution in [1.29, 1.82) is 0 Å². The topological polar surface area (TPSA) is 52.6 Å². The Kier molecular flexibility index (Phi) is 2.19. The number of esters is 1. The highest BCUT2D eigenvalue weighted by Crippen LogP contribution is 2.25. The highest BCUT2D eigenvalue weighted by atomic mass is 16.8. The Morgan fingerprint density at radius 3 is 2.50 bits per heavy atom. The van der Waals surface area contributed by atoms with E-state index < -0.39 is 17.9 Å². The minimum absolute atomic E-state index is 0.0744. The lowest BCUT2D eigenvalue weighted by Gasteiger charge is -2.14. The molecule has 0 bridgehead atoms. The summed E-state index contributed by atoms with van der Waals surface area (Å²) in [7, 11) is 0. The number of ketones is 1. The van der Waals surface area contributed by atoms with Crippen LogP contribution in [0.25, 0.3) is 0 Å². The summed E-state index contributed by atoms with van der Waals surface area (Å²) in [5.74, 6) is -1.40. The first kappa shape index (κ1) is 9.19. The van der Waals surface area contributed by atoms with E-state index >= 15 is 0 Å². The van der Waals surface area contributed by atoms with Crippen LogP contribution in [0.4, 0.5) is 0 Å². The Morgan fingerprint density at radius 2 is 2.17 bits per heavy atom. The molecule has 0 N–H and O–H groups in total. The number of carbonyl (C=O) groups is 2. The van der Waals surface area contributed by atoms with Crippen molar-refractivity contribution >= 4 is 11.8 Å². The summed E-state index contributed by atoms with van der Waals surface area (Å²) in [5, 5.41) is 0. The second kappa shape index (κ2) is 2.86. The minimum Gasteiger partial charge on any atom is -0.432 e. The van der Waals surface area contributed by atoms with Crippen LogP contribution in [0.2, 0.25) is 0 Å². The van der Waals surface area contributed by atoms with Crippen LogP contribution in [0.1, 0.15) is 27.2 Å². The lowest BCUT2D eigenvalue weighted by Crippen LogP contribution is -2.22. The Bertz CT molecular complexity index is 219. The van der Waals surface area contributed by atoms with Crippen molar-refractivity contribution < 1.29 is 19.1 Å². The third kappa shape index (κ3) is 2.04. The summed E-state index contributed by atoms with van der Waals surface area (Å²) in [5.41, 5.74) is 0. The van der Waals surface area contributed by atoms with E-state index in [0.29, 0.717) is 0 Å². The standard InChI is InChI=1S/C8H12O4/c1-5(9)4-6-7(10)12-8(2,3)11-6/h6H,4H2,1-3H3/t6-/m1/s1. The monoisotopic (exact) mass is 172 g/mol. The van der Waals surface area contributed by atoms with E-state index in [1.165, 1.54) is 6.92 Å². The molecule has 1 fully saturated rings. The zero-order chi connectivity index (χ0) is 9.35. The molecule has 0 radical (unpaired) electrons. The van der Waals surface area contributed by atoms with Crippen molar-refractivity contribution in [2.24, 2.45) is 0 Å². The van der Waals surface area contributed by atoms with Gasteiger partial charge in [0.25, 0.3) is 0 Å². The van der Waals surface area contributed by atoms with Gasteiger partial charge in [0, 0.05) is 20.3 Å². The highest BCUT2D eigenvalue weighted by molar-refractivity contribution is 5.85. The van der Waals surface area contributed by atoms with Crippen LogP contribution < -0.4 is 0 Å². The molecule has 1 saturated heterocycles. The normalized spacial score (nSPS) is 26.9. The van der Waals surface area contributed by atoms with Gasteiger partial charge in [0.05, 0.1) is 0 Å². The molecule has 0 aromatic rings. The largest absolute Gasteiger partial charge is 0.432 e. The van der Waals surface area contributed by atoms with Crippen molar-refractivity contribution in [3.63, 3.8) is 0 Å². The van der Waals surface area contributed by atoms with Gasteiger partial charge in [0.15, 0.2) is 6.10 Å². The van der Waals surface area contributed by atoms with Crippen molar-refractivity contribution in [1.82, 2.24) is 0 Å². The van der Waals surface area contributed by atoms with E-state index in [-0.39, 0.29) is 12.2 Å². The van der Waals surface area contributed by atoms with Crippen LogP contribution in [0.15, 0.2) is 0 Å². The van der Waals surface area contributed by atoms with Crippen LogP contribution in [0.3, 0.4) is 0 Å². The molecule has 1 atom stereocenters. The Balaban J connectivity index is 2.58. The fraction of sp³-hybridized carbons (Fsp3) is 0.750. The Labute approximate surface area is 70.8 Å². The van der Waals surface area contributed by atoms with Crippen molar-refractivity contribution in [2.75, 3.05) is 0 Å². The number of Topliss-reactive ketones (excluding diaryl/α,β-unsaturated/α-hetero) is 1. The van der Waals surface area contributed by atoms with Crippen LogP contribution in [-0.2, 0) is 19.1 Å². The van der Waals surface area contributed by atoms with Crippen molar-refractivity contribution in [2.45, 2.75) is 39.1 Å². The molecule has 0 aromatic heterocycles. The summed E-state index contributed by atoms with van der Waals surface area (Å²) in [6.45, 7) is 4.71. The van der Waals surface area contributed by atoms with Gasteiger partial charge in [-0.3, -0.25) is 4.79 Å². The average Bonchev–Trinajstić information content (AvgIpc) is 2.03. The predicted molar refractivity (Wildman–Crippen MR) is 40.3 cm³/mol. The van der Waals surface area contributed by atoms with Gasteiger partial charge in [-0.1, -0.05) is 0 Å². The third-order valence-electron chi connectivity index (χ3n) is 1.51. The molecule has 1 heterocycles. The molecule has 1 aliphatic rings. The van der Waals surface area contributed by atoms with Gasteiger partial charge < -0.3 is 9.47 Å². The lowest BCUT2D eigenvalue weighted by molar-refractivity contribution is -0.160. The molecule has 0 saturated carbocycles. The highest BCUT2D eigenvalue weighted by Gasteiger charge is 2.41. The van der Waals surface area contributed by atoms with E-state index in [4.69, 9.17) is 9.47 Å². The molecule has 1 aliphatic heterocycles. The van der Waals surface area contributed by atoms with Crippen LogP contribution in [0, 0.1) is 0 Å². The first-order chi connectivity index (χ1) is 5.41. The molecule has 1 rings (SSSR count). The zero-order valence-corrected chi connectivity index (χ0v) is 7.42. The van der Waals surface area contributed by atoms with Crippen LogP contribution in [-0.4, -0.2) is 23.6 Å². The van der Waals surface area contributed by atoms with E-state index in [0.717, 1.165) is 0 Å². The smallest absolute Gasteiger partial charge is 0.338 e. The molecule has 0 unspecified atom stereocenters. The molecule has 0 aromatic carbocycles. The van der Waals surface area contributed by atoms with Gasteiger partial charge in [0.2, 0.25) is 5.79 Å². The SMILES string of the molecule is CC(=O)C[C@H]1OC(C)(C)OC1=O. The first-order valence-corrected chi connectivity index (χ1v) is 3.81. The molecule has 0 amide bonds. The molecular formula is C8H12O4. The number of hydrogen-bond donors (Lipinski definition) is 0. The zero-order valence-electron chi connectivity index (χ0n) is 7.42. The molecular weight excluding hydrogens is 160 g/mol. The molecule has 4 heteroatoms. The molecule has 4 nitrogen and oxygen atoms in total. The minimum atomic E-state index is -0.878. The van der Waals surface area contributed by atoms with Crippen LogP contribution >= 0.6 is 0 Å². The molecule has 68 valence electrons. The fourth-order valence-corrected chi connectivity index (χ4v) is 1.11. The number of cyclic esters (lactones) is 1. The fourth-order valence-electron chi connectivity index (χ4n) is 1.11. The summed E-state index contributed by atoms with van der Waals surface area (Å²) < 4.78 is 10.0. The van der Waals surface area contributed by atoms with Gasteiger partial charge in [-0.2, -0.15) is 0 Å². The van der Waals surface area contributed by atoms with E-state index in [9.17, 15) is 9.59 Å². The molecule has 0 aliphatic carbocycles. The molecule has 12 heavy (non-hydrogen) atoms. The number of carbonyl (C=O) groups excluding carboxylic acids is 2. The maximum absolute atomic E-state index is 11.0. The van der Waals surface area contributed by atoms with E-state index in [2.05, 4.69) is 0 Å². The maximum Gasteiger partial charge on any atom is 0.338 e. The van der Waals surface area contributed by atoms with Crippen molar-refractivity contribution in [3.05, 3.63) is 0 Å². The van der Waals surface area contributed by atoms with Gasteiger partial charge >= 0.3 is 5.97 Å². The average molecular weight is 172 g/mol. The Hall–Kier alpha value is -0.900. The van der Waals surface area contributed by atoms with Gasteiger partial charge in [-0.15, -0.1) is 0 Å². The summed E-state index contributed by atoms with van der Waals surface area (Å²) in [6, 6.07) is 0. The summed E-state index contributed by atoms with van der Waals surface area (Å²) >= 11 is 0. The first-order valence-electron chi connectivity index (χ1n) is 3.81. The quantitative estimate of drug-likeness (QED) is 0.574. The number of rotatable bonds is 2. The van der Waals surface area contributed by atoms with E-state index in [1.807, 2.05) is 0 Å². The third-order valence-corrected chi connectivity index (χ3v) is 1.51. The second-order valence-corrected chi connectivity index (χ2v) is 3.33.